The van der Waals surface area contributed by atoms with Gasteiger partial charge in [-0.05, 0) is 11.6 Å². The molecule has 3 nitrogen and oxygen atoms in total. The molecule has 0 saturated carbocycles. The van der Waals surface area contributed by atoms with Crippen molar-refractivity contribution in [2.45, 2.75) is 6.42 Å². The number of rotatable bonds is 2. The summed E-state index contributed by atoms with van der Waals surface area (Å²) in [7, 11) is 1.37. The van der Waals surface area contributed by atoms with Crippen molar-refractivity contribution in [3.63, 3.8) is 0 Å². The van der Waals surface area contributed by atoms with Crippen molar-refractivity contribution in [2.24, 2.45) is 0 Å². The van der Waals surface area contributed by atoms with Crippen LogP contribution >= 0.6 is 11.6 Å². The summed E-state index contributed by atoms with van der Waals surface area (Å²) in [5.74, 6) is -0.283. The van der Waals surface area contributed by atoms with Gasteiger partial charge in [0.15, 0.2) is 0 Å². The molecule has 0 N–H and O–H groups in total. The molecule has 0 atom stereocenters. The van der Waals surface area contributed by atoms with E-state index in [4.69, 9.17) is 11.6 Å². The Kier molecular flexibility index (Phi) is 3.06. The Labute approximate surface area is 98.0 Å². The SMILES string of the molecule is COC(=O)Cc1cccc2c(Cl)ccnc12. The van der Waals surface area contributed by atoms with Crippen molar-refractivity contribution in [1.29, 1.82) is 0 Å². The van der Waals surface area contributed by atoms with E-state index in [0.717, 1.165) is 16.5 Å². The molecular weight excluding hydrogens is 226 g/mol. The van der Waals surface area contributed by atoms with E-state index in [1.54, 1.807) is 12.3 Å². The summed E-state index contributed by atoms with van der Waals surface area (Å²) < 4.78 is 4.63. The lowest BCUT2D eigenvalue weighted by Crippen LogP contribution is -2.05. The number of hydrogen-bond donors (Lipinski definition) is 0. The molecule has 82 valence electrons. The number of pyridine rings is 1. The van der Waals surface area contributed by atoms with Crippen LogP contribution in [0.2, 0.25) is 5.02 Å². The number of halogens is 1. The average Bonchev–Trinajstić information content (AvgIpc) is 2.30. The quantitative estimate of drug-likeness (QED) is 0.751. The van der Waals surface area contributed by atoms with E-state index in [2.05, 4.69) is 9.72 Å². The van der Waals surface area contributed by atoms with Gasteiger partial charge in [-0.1, -0.05) is 29.8 Å². The number of nitrogens with zero attached hydrogens (tertiary/aromatic N) is 1. The first-order chi connectivity index (χ1) is 7.72. The van der Waals surface area contributed by atoms with Gasteiger partial charge in [0, 0.05) is 11.6 Å². The monoisotopic (exact) mass is 235 g/mol. The fraction of sp³-hybridized carbons (Fsp3) is 0.167. The lowest BCUT2D eigenvalue weighted by atomic mass is 10.1. The van der Waals surface area contributed by atoms with E-state index in [-0.39, 0.29) is 12.4 Å². The first-order valence-corrected chi connectivity index (χ1v) is 5.19. The Balaban J connectivity index is 2.54. The summed E-state index contributed by atoms with van der Waals surface area (Å²) in [6, 6.07) is 7.31. The molecule has 0 unspecified atom stereocenters. The summed E-state index contributed by atoms with van der Waals surface area (Å²) >= 11 is 6.04. The van der Waals surface area contributed by atoms with Gasteiger partial charge < -0.3 is 4.74 Å². The third-order valence-corrected chi connectivity index (χ3v) is 2.69. The molecule has 0 radical (unpaired) electrons. The molecule has 1 heterocycles. The fourth-order valence-electron chi connectivity index (χ4n) is 1.57. The van der Waals surface area contributed by atoms with E-state index in [1.165, 1.54) is 7.11 Å². The number of esters is 1. The predicted molar refractivity (Wildman–Crippen MR) is 62.5 cm³/mol. The number of para-hydroxylation sites is 1. The zero-order chi connectivity index (χ0) is 11.5. The van der Waals surface area contributed by atoms with E-state index in [0.29, 0.717) is 5.02 Å². The number of carbonyl (C=O) groups excluding carboxylic acids is 1. The van der Waals surface area contributed by atoms with Crippen molar-refractivity contribution in [3.05, 3.63) is 41.0 Å². The Morgan fingerprint density at radius 1 is 1.44 bits per heavy atom. The van der Waals surface area contributed by atoms with Gasteiger partial charge in [0.1, 0.15) is 0 Å². The van der Waals surface area contributed by atoms with Crippen LogP contribution in [0.15, 0.2) is 30.5 Å². The second kappa shape index (κ2) is 4.49. The van der Waals surface area contributed by atoms with Crippen LogP contribution in [-0.4, -0.2) is 18.1 Å². The summed E-state index contributed by atoms with van der Waals surface area (Å²) in [5.41, 5.74) is 1.58. The van der Waals surface area contributed by atoms with Crippen LogP contribution in [0.3, 0.4) is 0 Å². The van der Waals surface area contributed by atoms with Crippen LogP contribution in [0.4, 0.5) is 0 Å². The minimum atomic E-state index is -0.283. The molecule has 2 rings (SSSR count). The van der Waals surface area contributed by atoms with Gasteiger partial charge in [-0.25, -0.2) is 0 Å². The van der Waals surface area contributed by atoms with Gasteiger partial charge in [-0.3, -0.25) is 9.78 Å². The Morgan fingerprint density at radius 2 is 2.25 bits per heavy atom. The topological polar surface area (TPSA) is 39.2 Å². The second-order valence-corrected chi connectivity index (χ2v) is 3.77. The minimum absolute atomic E-state index is 0.210. The van der Waals surface area contributed by atoms with Crippen molar-refractivity contribution < 1.29 is 9.53 Å². The summed E-state index contributed by atoms with van der Waals surface area (Å²) in [5, 5.41) is 1.49. The number of fused-ring (bicyclic) bond motifs is 1. The van der Waals surface area contributed by atoms with Gasteiger partial charge in [-0.2, -0.15) is 0 Å². The molecule has 0 bridgehead atoms. The summed E-state index contributed by atoms with van der Waals surface area (Å²) in [6.45, 7) is 0. The number of hydrogen-bond acceptors (Lipinski definition) is 3. The fourth-order valence-corrected chi connectivity index (χ4v) is 1.78. The lowest BCUT2D eigenvalue weighted by Gasteiger charge is -2.05. The zero-order valence-corrected chi connectivity index (χ0v) is 9.49. The highest BCUT2D eigenvalue weighted by molar-refractivity contribution is 6.35. The van der Waals surface area contributed by atoms with Gasteiger partial charge in [-0.15, -0.1) is 0 Å². The highest BCUT2D eigenvalue weighted by Crippen LogP contribution is 2.24. The number of benzene rings is 1. The third kappa shape index (κ3) is 1.99. The molecule has 16 heavy (non-hydrogen) atoms. The average molecular weight is 236 g/mol. The molecule has 1 aromatic heterocycles. The first kappa shape index (κ1) is 10.9. The van der Waals surface area contributed by atoms with Crippen molar-refractivity contribution in [1.82, 2.24) is 4.98 Å². The molecule has 0 spiro atoms. The largest absolute Gasteiger partial charge is 0.469 e. The normalized spacial score (nSPS) is 10.4. The van der Waals surface area contributed by atoms with Crippen LogP contribution in [0.5, 0.6) is 0 Å². The molecule has 4 heteroatoms. The molecule has 0 aliphatic rings. The number of carbonyl (C=O) groups is 1. The van der Waals surface area contributed by atoms with Crippen molar-refractivity contribution >= 4 is 28.5 Å². The number of ether oxygens (including phenoxy) is 1. The van der Waals surface area contributed by atoms with Crippen molar-refractivity contribution in [3.8, 4) is 0 Å². The van der Waals surface area contributed by atoms with Crippen LogP contribution in [-0.2, 0) is 16.0 Å². The van der Waals surface area contributed by atoms with Gasteiger partial charge >= 0.3 is 5.97 Å². The molecule has 0 aliphatic heterocycles. The Morgan fingerprint density at radius 3 is 3.00 bits per heavy atom. The number of aromatic nitrogens is 1. The minimum Gasteiger partial charge on any atom is -0.469 e. The highest BCUT2D eigenvalue weighted by atomic mass is 35.5. The molecule has 2 aromatic rings. The second-order valence-electron chi connectivity index (χ2n) is 3.36. The third-order valence-electron chi connectivity index (χ3n) is 2.36. The summed E-state index contributed by atoms with van der Waals surface area (Å²) in [4.78, 5) is 15.5. The van der Waals surface area contributed by atoms with Crippen LogP contribution < -0.4 is 0 Å². The maximum Gasteiger partial charge on any atom is 0.310 e. The Hall–Kier alpha value is -1.61. The van der Waals surface area contributed by atoms with Crippen LogP contribution in [0, 0.1) is 0 Å². The van der Waals surface area contributed by atoms with E-state index in [9.17, 15) is 4.79 Å². The molecule has 0 aliphatic carbocycles. The van der Waals surface area contributed by atoms with E-state index < -0.39 is 0 Å². The summed E-state index contributed by atoms with van der Waals surface area (Å²) in [6.07, 6.45) is 1.84. The van der Waals surface area contributed by atoms with E-state index >= 15 is 0 Å². The predicted octanol–water partition coefficient (Wildman–Crippen LogP) is 2.60. The standard InChI is InChI=1S/C12H10ClNO2/c1-16-11(15)7-8-3-2-4-9-10(13)5-6-14-12(8)9/h2-6H,7H2,1H3. The highest BCUT2D eigenvalue weighted by Gasteiger charge is 2.08. The lowest BCUT2D eigenvalue weighted by molar-refractivity contribution is -0.139. The van der Waals surface area contributed by atoms with E-state index in [1.807, 2.05) is 18.2 Å². The Bertz CT molecular complexity index is 540. The van der Waals surface area contributed by atoms with Gasteiger partial charge in [0.05, 0.1) is 24.1 Å². The molecule has 0 fully saturated rings. The maximum absolute atomic E-state index is 11.2. The molecular formula is C12H10ClNO2. The smallest absolute Gasteiger partial charge is 0.310 e. The van der Waals surface area contributed by atoms with Gasteiger partial charge in [0.2, 0.25) is 0 Å². The van der Waals surface area contributed by atoms with Crippen LogP contribution in [0.1, 0.15) is 5.56 Å². The first-order valence-electron chi connectivity index (χ1n) is 4.81. The van der Waals surface area contributed by atoms with Gasteiger partial charge in [0.25, 0.3) is 0 Å². The molecule has 0 amide bonds. The maximum atomic E-state index is 11.2. The van der Waals surface area contributed by atoms with Crippen LogP contribution in [0.25, 0.3) is 10.9 Å². The zero-order valence-electron chi connectivity index (χ0n) is 8.74. The van der Waals surface area contributed by atoms with Crippen molar-refractivity contribution in [2.75, 3.05) is 7.11 Å². The number of methoxy groups -OCH3 is 1. The molecule has 0 saturated heterocycles. The molecule has 1 aromatic carbocycles.